The van der Waals surface area contributed by atoms with Crippen LogP contribution in [0.3, 0.4) is 0 Å². The van der Waals surface area contributed by atoms with Crippen LogP contribution in [0.1, 0.15) is 37.4 Å². The van der Waals surface area contributed by atoms with Gasteiger partial charge in [0.25, 0.3) is 0 Å². The van der Waals surface area contributed by atoms with Crippen LogP contribution < -0.4 is 10.6 Å². The average Bonchev–Trinajstić information content (AvgIpc) is 2.32. The van der Waals surface area contributed by atoms with Crippen LogP contribution in [0.25, 0.3) is 0 Å². The van der Waals surface area contributed by atoms with Gasteiger partial charge in [-0.3, -0.25) is 4.79 Å². The highest BCUT2D eigenvalue weighted by molar-refractivity contribution is 5.75. The van der Waals surface area contributed by atoms with Crippen molar-refractivity contribution in [2.45, 2.75) is 33.2 Å². The lowest BCUT2D eigenvalue weighted by Crippen LogP contribution is -2.28. The van der Waals surface area contributed by atoms with Crippen molar-refractivity contribution in [1.29, 1.82) is 0 Å². The van der Waals surface area contributed by atoms with E-state index in [1.54, 1.807) is 6.07 Å². The van der Waals surface area contributed by atoms with E-state index in [-0.39, 0.29) is 11.9 Å². The summed E-state index contributed by atoms with van der Waals surface area (Å²) in [5, 5.41) is 15.8. The van der Waals surface area contributed by atoms with E-state index in [4.69, 9.17) is 0 Å². The molecule has 0 heterocycles. The van der Waals surface area contributed by atoms with Crippen LogP contribution in [-0.2, 0) is 4.79 Å². The van der Waals surface area contributed by atoms with Crippen LogP contribution in [0.4, 0.5) is 0 Å². The van der Waals surface area contributed by atoms with Gasteiger partial charge in [0.2, 0.25) is 5.91 Å². The number of rotatable bonds is 6. The first-order chi connectivity index (χ1) is 8.54. The summed E-state index contributed by atoms with van der Waals surface area (Å²) in [6.07, 6.45) is 0.449. The number of amides is 1. The molecule has 1 aromatic rings. The molecule has 0 bridgehead atoms. The lowest BCUT2D eigenvalue weighted by atomic mass is 10.0. The van der Waals surface area contributed by atoms with Gasteiger partial charge in [0.1, 0.15) is 5.75 Å². The smallest absolute Gasteiger partial charge is 0.221 e. The molecular formula is C14H22N2O2. The summed E-state index contributed by atoms with van der Waals surface area (Å²) in [5.74, 6) is 0.337. The van der Waals surface area contributed by atoms with E-state index >= 15 is 0 Å². The number of phenolic OH excluding ortho intramolecular Hbond substituents is 1. The highest BCUT2D eigenvalue weighted by Crippen LogP contribution is 2.24. The van der Waals surface area contributed by atoms with Crippen molar-refractivity contribution in [2.24, 2.45) is 0 Å². The van der Waals surface area contributed by atoms with Gasteiger partial charge in [-0.05, 0) is 26.8 Å². The molecule has 1 rings (SSSR count). The highest BCUT2D eigenvalue weighted by atomic mass is 16.3. The number of benzene rings is 1. The first-order valence-electron chi connectivity index (χ1n) is 6.34. The number of aromatic hydroxyl groups is 1. The Morgan fingerprint density at radius 3 is 2.83 bits per heavy atom. The van der Waals surface area contributed by atoms with Gasteiger partial charge in [-0.1, -0.05) is 17.7 Å². The fourth-order valence-corrected chi connectivity index (χ4v) is 1.82. The molecule has 1 atom stereocenters. The molecule has 0 radical (unpaired) electrons. The number of carbonyl (C=O) groups excluding carboxylic acids is 1. The largest absolute Gasteiger partial charge is 0.508 e. The van der Waals surface area contributed by atoms with Crippen molar-refractivity contribution in [3.8, 4) is 5.75 Å². The predicted octanol–water partition coefficient (Wildman–Crippen LogP) is 1.88. The van der Waals surface area contributed by atoms with Crippen molar-refractivity contribution in [3.63, 3.8) is 0 Å². The van der Waals surface area contributed by atoms with E-state index in [0.29, 0.717) is 25.3 Å². The fraction of sp³-hybridized carbons (Fsp3) is 0.500. The molecule has 1 amide bonds. The van der Waals surface area contributed by atoms with Crippen LogP contribution in [0.15, 0.2) is 18.2 Å². The van der Waals surface area contributed by atoms with E-state index in [2.05, 4.69) is 10.6 Å². The topological polar surface area (TPSA) is 61.4 Å². The second-order valence-corrected chi connectivity index (χ2v) is 4.44. The Balaban J connectivity index is 2.47. The minimum Gasteiger partial charge on any atom is -0.508 e. The third kappa shape index (κ3) is 4.37. The van der Waals surface area contributed by atoms with Crippen molar-refractivity contribution < 1.29 is 9.90 Å². The van der Waals surface area contributed by atoms with Crippen LogP contribution in [0.2, 0.25) is 0 Å². The second-order valence-electron chi connectivity index (χ2n) is 4.44. The van der Waals surface area contributed by atoms with Crippen molar-refractivity contribution in [1.82, 2.24) is 10.6 Å². The number of carbonyl (C=O) groups is 1. The third-order valence-corrected chi connectivity index (χ3v) is 2.83. The lowest BCUT2D eigenvalue weighted by Gasteiger charge is -2.16. The normalized spacial score (nSPS) is 12.2. The van der Waals surface area contributed by atoms with Gasteiger partial charge in [-0.2, -0.15) is 0 Å². The average molecular weight is 250 g/mol. The SMILES string of the molecule is CCNC(=O)CCNC(C)c1cc(C)ccc1O. The van der Waals surface area contributed by atoms with Crippen LogP contribution in [0, 0.1) is 6.92 Å². The molecule has 0 aliphatic carbocycles. The first kappa shape index (κ1) is 14.5. The molecule has 4 nitrogen and oxygen atoms in total. The van der Waals surface area contributed by atoms with E-state index < -0.39 is 0 Å². The molecule has 0 spiro atoms. The summed E-state index contributed by atoms with van der Waals surface area (Å²) in [6.45, 7) is 7.13. The fourth-order valence-electron chi connectivity index (χ4n) is 1.82. The van der Waals surface area contributed by atoms with Crippen LogP contribution in [-0.4, -0.2) is 24.1 Å². The van der Waals surface area contributed by atoms with E-state index in [9.17, 15) is 9.90 Å². The first-order valence-corrected chi connectivity index (χ1v) is 6.34. The Kier molecular flexibility index (Phi) is 5.65. The monoisotopic (exact) mass is 250 g/mol. The number of aryl methyl sites for hydroxylation is 1. The van der Waals surface area contributed by atoms with Gasteiger partial charge < -0.3 is 15.7 Å². The Bertz CT molecular complexity index is 405. The van der Waals surface area contributed by atoms with E-state index in [0.717, 1.165) is 11.1 Å². The van der Waals surface area contributed by atoms with Gasteiger partial charge >= 0.3 is 0 Å². The number of hydrogen-bond donors (Lipinski definition) is 3. The highest BCUT2D eigenvalue weighted by Gasteiger charge is 2.10. The quantitative estimate of drug-likeness (QED) is 0.722. The van der Waals surface area contributed by atoms with Gasteiger partial charge in [-0.25, -0.2) is 0 Å². The minimum atomic E-state index is 0.0272. The molecule has 1 unspecified atom stereocenters. The van der Waals surface area contributed by atoms with E-state index in [1.807, 2.05) is 32.9 Å². The Labute approximate surface area is 108 Å². The molecule has 0 saturated carbocycles. The van der Waals surface area contributed by atoms with E-state index in [1.165, 1.54) is 0 Å². The number of hydrogen-bond acceptors (Lipinski definition) is 3. The zero-order valence-electron chi connectivity index (χ0n) is 11.3. The Morgan fingerprint density at radius 2 is 2.17 bits per heavy atom. The van der Waals surface area contributed by atoms with Crippen molar-refractivity contribution in [3.05, 3.63) is 29.3 Å². The molecular weight excluding hydrogens is 228 g/mol. The van der Waals surface area contributed by atoms with Crippen LogP contribution >= 0.6 is 0 Å². The van der Waals surface area contributed by atoms with Gasteiger partial charge in [0, 0.05) is 31.1 Å². The molecule has 0 aliphatic rings. The molecule has 100 valence electrons. The summed E-state index contributed by atoms with van der Waals surface area (Å²) in [6, 6.07) is 5.56. The van der Waals surface area contributed by atoms with Gasteiger partial charge in [0.05, 0.1) is 0 Å². The third-order valence-electron chi connectivity index (χ3n) is 2.83. The van der Waals surface area contributed by atoms with Crippen molar-refractivity contribution in [2.75, 3.05) is 13.1 Å². The molecule has 3 N–H and O–H groups in total. The molecule has 0 aliphatic heterocycles. The minimum absolute atomic E-state index is 0.0272. The number of phenols is 1. The standard InChI is InChI=1S/C14H22N2O2/c1-4-15-14(18)7-8-16-11(3)12-9-10(2)5-6-13(12)17/h5-6,9,11,16-17H,4,7-8H2,1-3H3,(H,15,18). The summed E-state index contributed by atoms with van der Waals surface area (Å²) in [5.41, 5.74) is 1.98. The molecule has 0 saturated heterocycles. The number of nitrogens with one attached hydrogen (secondary N) is 2. The summed E-state index contributed by atoms with van der Waals surface area (Å²) in [4.78, 5) is 11.3. The van der Waals surface area contributed by atoms with Gasteiger partial charge in [0.15, 0.2) is 0 Å². The summed E-state index contributed by atoms with van der Waals surface area (Å²) in [7, 11) is 0. The molecule has 4 heteroatoms. The Morgan fingerprint density at radius 1 is 1.44 bits per heavy atom. The maximum Gasteiger partial charge on any atom is 0.221 e. The van der Waals surface area contributed by atoms with Gasteiger partial charge in [-0.15, -0.1) is 0 Å². The molecule has 0 aromatic heterocycles. The summed E-state index contributed by atoms with van der Waals surface area (Å²) >= 11 is 0. The second kappa shape index (κ2) is 7.01. The maximum atomic E-state index is 11.3. The van der Waals surface area contributed by atoms with Crippen LogP contribution in [0.5, 0.6) is 5.75 Å². The molecule has 18 heavy (non-hydrogen) atoms. The maximum absolute atomic E-state index is 11.3. The zero-order valence-corrected chi connectivity index (χ0v) is 11.3. The predicted molar refractivity (Wildman–Crippen MR) is 72.6 cm³/mol. The zero-order chi connectivity index (χ0) is 13.5. The van der Waals surface area contributed by atoms with Crippen molar-refractivity contribution >= 4 is 5.91 Å². The summed E-state index contributed by atoms with van der Waals surface area (Å²) < 4.78 is 0. The molecule has 0 fully saturated rings. The lowest BCUT2D eigenvalue weighted by molar-refractivity contribution is -0.120. The Hall–Kier alpha value is -1.55. The molecule has 1 aromatic carbocycles.